The number of pyridine rings is 1. The van der Waals surface area contributed by atoms with E-state index in [1.54, 1.807) is 6.07 Å². The molecular formula is C25H27ClF2N4O5. The molecule has 3 N–H and O–H groups in total. The second-order valence-corrected chi connectivity index (χ2v) is 10.4. The Balaban J connectivity index is 1.11. The van der Waals surface area contributed by atoms with Crippen molar-refractivity contribution in [1.82, 2.24) is 15.0 Å². The number of H-pyrrole nitrogens is 1. The van der Waals surface area contributed by atoms with Gasteiger partial charge in [0.2, 0.25) is 0 Å². The van der Waals surface area contributed by atoms with Crippen molar-refractivity contribution in [2.24, 2.45) is 11.8 Å². The molecule has 3 fully saturated rings. The lowest BCUT2D eigenvalue weighted by atomic mass is 9.77. The van der Waals surface area contributed by atoms with Gasteiger partial charge in [-0.05, 0) is 30.7 Å². The van der Waals surface area contributed by atoms with E-state index in [1.165, 1.54) is 12.1 Å². The molecule has 1 aliphatic carbocycles. The molecule has 0 unspecified atom stereocenters. The first-order valence-electron chi connectivity index (χ1n) is 12.3. The average Bonchev–Trinajstić information content (AvgIpc) is 3.52. The molecule has 2 aromatic heterocycles. The van der Waals surface area contributed by atoms with Crippen LogP contribution >= 0.6 is 11.6 Å². The van der Waals surface area contributed by atoms with E-state index in [0.717, 1.165) is 12.8 Å². The third-order valence-electron chi connectivity index (χ3n) is 7.15. The molecule has 3 aliphatic rings. The molecule has 4 heterocycles. The third kappa shape index (κ3) is 4.93. The van der Waals surface area contributed by atoms with Gasteiger partial charge in [0.15, 0.2) is 11.8 Å². The highest BCUT2D eigenvalue weighted by Gasteiger charge is 2.48. The number of ether oxygens (including phenoxy) is 4. The molecule has 6 rings (SSSR count). The van der Waals surface area contributed by atoms with Crippen LogP contribution in [0.3, 0.4) is 0 Å². The molecule has 198 valence electrons. The van der Waals surface area contributed by atoms with E-state index < -0.39 is 29.9 Å². The number of imidazole rings is 1. The van der Waals surface area contributed by atoms with E-state index in [0.29, 0.717) is 29.6 Å². The van der Waals surface area contributed by atoms with Gasteiger partial charge in [0, 0.05) is 24.2 Å². The van der Waals surface area contributed by atoms with E-state index in [9.17, 15) is 13.9 Å². The van der Waals surface area contributed by atoms with Crippen LogP contribution < -0.4 is 14.8 Å². The standard InChI is InChI=1S/C25H27ClF2N4O5/c1-11-2-12(3-11)8-34-13-4-16(27)14(17(28)5-13)7-29-23-15(26)6-18-24(31-23)32-25(30-18)37-20-10-36-21-19(33)9-35-22(20)21/h4-6,11-12,19-22,33H,2-3,7-10H2,1H3,(H2,29,30,31,32)/t11?,12?,19-,20-,21-,22-/m1/s1. The Morgan fingerprint density at radius 1 is 1.14 bits per heavy atom. The lowest BCUT2D eigenvalue weighted by Crippen LogP contribution is -2.34. The zero-order valence-electron chi connectivity index (χ0n) is 20.0. The monoisotopic (exact) mass is 536 g/mol. The minimum Gasteiger partial charge on any atom is -0.493 e. The summed E-state index contributed by atoms with van der Waals surface area (Å²) in [5.74, 6) is 0.0863. The minimum atomic E-state index is -0.714. The lowest BCUT2D eigenvalue weighted by Gasteiger charge is -2.32. The average molecular weight is 537 g/mol. The number of anilines is 1. The number of aromatic amines is 1. The van der Waals surface area contributed by atoms with Crippen LogP contribution in [0.5, 0.6) is 11.8 Å². The van der Waals surface area contributed by atoms with Gasteiger partial charge in [-0.25, -0.2) is 13.8 Å². The lowest BCUT2D eigenvalue weighted by molar-refractivity contribution is 0.00706. The maximum atomic E-state index is 14.7. The summed E-state index contributed by atoms with van der Waals surface area (Å²) < 4.78 is 52.0. The van der Waals surface area contributed by atoms with Crippen molar-refractivity contribution in [2.75, 3.05) is 25.1 Å². The predicted molar refractivity (Wildman–Crippen MR) is 130 cm³/mol. The van der Waals surface area contributed by atoms with Gasteiger partial charge < -0.3 is 34.4 Å². The van der Waals surface area contributed by atoms with E-state index in [2.05, 4.69) is 27.2 Å². The highest BCUT2D eigenvalue weighted by molar-refractivity contribution is 6.33. The first-order valence-corrected chi connectivity index (χ1v) is 12.7. The fourth-order valence-corrected chi connectivity index (χ4v) is 5.41. The maximum absolute atomic E-state index is 14.7. The molecule has 9 nitrogen and oxygen atoms in total. The van der Waals surface area contributed by atoms with Gasteiger partial charge in [0.05, 0.1) is 30.4 Å². The van der Waals surface area contributed by atoms with Crippen molar-refractivity contribution in [2.45, 2.75) is 50.7 Å². The first-order chi connectivity index (χ1) is 17.8. The van der Waals surface area contributed by atoms with Crippen molar-refractivity contribution in [3.05, 3.63) is 40.4 Å². The van der Waals surface area contributed by atoms with Crippen LogP contribution in [0.4, 0.5) is 14.6 Å². The Labute approximate surface area is 216 Å². The molecule has 2 aliphatic heterocycles. The zero-order valence-corrected chi connectivity index (χ0v) is 20.8. The van der Waals surface area contributed by atoms with Crippen LogP contribution in [0.25, 0.3) is 11.2 Å². The van der Waals surface area contributed by atoms with Crippen LogP contribution in [0.1, 0.15) is 25.3 Å². The number of hydrogen-bond acceptors (Lipinski definition) is 8. The Bertz CT molecular complexity index is 1280. The number of nitrogens with zero attached hydrogens (tertiary/aromatic N) is 2. The van der Waals surface area contributed by atoms with Crippen LogP contribution in [-0.2, 0) is 16.0 Å². The van der Waals surface area contributed by atoms with Crippen molar-refractivity contribution in [3.63, 3.8) is 0 Å². The van der Waals surface area contributed by atoms with Gasteiger partial charge in [-0.1, -0.05) is 18.5 Å². The fraction of sp³-hybridized carbons (Fsp3) is 0.520. The Morgan fingerprint density at radius 3 is 2.65 bits per heavy atom. The predicted octanol–water partition coefficient (Wildman–Crippen LogP) is 3.83. The summed E-state index contributed by atoms with van der Waals surface area (Å²) in [6, 6.07) is 4.18. The van der Waals surface area contributed by atoms with Crippen molar-refractivity contribution < 1.29 is 32.8 Å². The molecule has 1 aromatic carbocycles. The molecule has 0 spiro atoms. The molecule has 0 radical (unpaired) electrons. The van der Waals surface area contributed by atoms with Gasteiger partial charge in [-0.3, -0.25) is 0 Å². The summed E-state index contributed by atoms with van der Waals surface area (Å²) in [5.41, 5.74) is 0.677. The van der Waals surface area contributed by atoms with E-state index in [1.807, 2.05) is 0 Å². The fourth-order valence-electron chi connectivity index (χ4n) is 5.19. The minimum absolute atomic E-state index is 0.150. The third-order valence-corrected chi connectivity index (χ3v) is 7.44. The molecule has 0 bridgehead atoms. The van der Waals surface area contributed by atoms with Crippen molar-refractivity contribution in [1.29, 1.82) is 0 Å². The summed E-state index contributed by atoms with van der Waals surface area (Å²) in [7, 11) is 0. The number of aliphatic hydroxyl groups is 1. The highest BCUT2D eigenvalue weighted by Crippen LogP contribution is 2.34. The van der Waals surface area contributed by atoms with Gasteiger partial charge in [0.25, 0.3) is 6.01 Å². The number of halogens is 3. The largest absolute Gasteiger partial charge is 0.493 e. The summed E-state index contributed by atoms with van der Waals surface area (Å²) in [6.07, 6.45) is 0.210. The van der Waals surface area contributed by atoms with Crippen LogP contribution in [0.15, 0.2) is 18.2 Å². The SMILES string of the molecule is CC1CC(COc2cc(F)c(CNc3nc4nc(O[C@@H]5CO[C@H]6[C@@H]5OC[C@H]6O)[nH]c4cc3Cl)c(F)c2)C1. The number of aromatic nitrogens is 3. The Hall–Kier alpha value is -2.73. The maximum Gasteiger partial charge on any atom is 0.296 e. The molecular weight excluding hydrogens is 510 g/mol. The topological polar surface area (TPSA) is 111 Å². The van der Waals surface area contributed by atoms with E-state index in [-0.39, 0.29) is 54.0 Å². The number of nitrogens with one attached hydrogen (secondary N) is 2. The summed E-state index contributed by atoms with van der Waals surface area (Å²) in [5, 5.41) is 13.0. The van der Waals surface area contributed by atoms with Gasteiger partial charge in [-0.15, -0.1) is 0 Å². The van der Waals surface area contributed by atoms with Crippen LogP contribution in [0.2, 0.25) is 5.02 Å². The quantitative estimate of drug-likeness (QED) is 0.398. The smallest absolute Gasteiger partial charge is 0.296 e. The second kappa shape index (κ2) is 9.86. The first kappa shape index (κ1) is 24.6. The van der Waals surface area contributed by atoms with Gasteiger partial charge >= 0.3 is 0 Å². The summed E-state index contributed by atoms with van der Waals surface area (Å²) >= 11 is 6.35. The van der Waals surface area contributed by atoms with Crippen molar-refractivity contribution >= 4 is 28.6 Å². The molecule has 37 heavy (non-hydrogen) atoms. The highest BCUT2D eigenvalue weighted by atomic mass is 35.5. The van der Waals surface area contributed by atoms with Crippen molar-refractivity contribution in [3.8, 4) is 11.8 Å². The molecule has 2 saturated heterocycles. The number of rotatable bonds is 8. The van der Waals surface area contributed by atoms with Gasteiger partial charge in [-0.2, -0.15) is 4.98 Å². The normalized spacial score (nSPS) is 28.8. The number of hydrogen-bond donors (Lipinski definition) is 3. The Morgan fingerprint density at radius 2 is 1.89 bits per heavy atom. The summed E-state index contributed by atoms with van der Waals surface area (Å²) in [6.45, 7) is 2.91. The number of aliphatic hydroxyl groups excluding tert-OH is 1. The van der Waals surface area contributed by atoms with Crippen LogP contribution in [0, 0.1) is 23.5 Å². The van der Waals surface area contributed by atoms with Gasteiger partial charge in [0.1, 0.15) is 41.5 Å². The van der Waals surface area contributed by atoms with E-state index >= 15 is 0 Å². The molecule has 4 atom stereocenters. The van der Waals surface area contributed by atoms with E-state index in [4.69, 9.17) is 30.5 Å². The number of fused-ring (bicyclic) bond motifs is 2. The van der Waals surface area contributed by atoms with Crippen LogP contribution in [-0.4, -0.2) is 64.3 Å². The Kier molecular flexibility index (Phi) is 6.56. The number of benzene rings is 1. The molecule has 12 heteroatoms. The molecule has 3 aromatic rings. The molecule has 0 amide bonds. The second-order valence-electron chi connectivity index (χ2n) is 10.0. The zero-order chi connectivity index (χ0) is 25.7. The molecule has 1 saturated carbocycles. The summed E-state index contributed by atoms with van der Waals surface area (Å²) in [4.78, 5) is 11.7.